The Morgan fingerprint density at radius 2 is 1.65 bits per heavy atom. The van der Waals surface area contributed by atoms with E-state index in [0.29, 0.717) is 41.6 Å². The summed E-state index contributed by atoms with van der Waals surface area (Å²) in [6, 6.07) is 18.8. The van der Waals surface area contributed by atoms with Crippen LogP contribution in [0.1, 0.15) is 36.7 Å². The minimum absolute atomic E-state index is 0.0761. The maximum Gasteiger partial charge on any atom is 0.258 e. The highest BCUT2D eigenvalue weighted by atomic mass is 16.5. The Hall–Kier alpha value is -6.05. The lowest BCUT2D eigenvalue weighted by atomic mass is 10.0. The molecule has 4 atom stereocenters. The Kier molecular flexibility index (Phi) is 10.7. The molecule has 2 bridgehead atoms. The van der Waals surface area contributed by atoms with E-state index in [1.165, 1.54) is 11.8 Å². The molecule has 264 valence electrons. The third kappa shape index (κ3) is 8.58. The molecule has 3 aliphatic heterocycles. The van der Waals surface area contributed by atoms with E-state index in [9.17, 15) is 28.8 Å². The summed E-state index contributed by atoms with van der Waals surface area (Å²) in [5, 5.41) is 11.4. The molecule has 14 heteroatoms. The van der Waals surface area contributed by atoms with Crippen LogP contribution in [0.2, 0.25) is 0 Å². The van der Waals surface area contributed by atoms with E-state index in [1.807, 2.05) is 30.3 Å². The van der Waals surface area contributed by atoms with Crippen LogP contribution in [0.4, 0.5) is 0 Å². The van der Waals surface area contributed by atoms with Gasteiger partial charge in [0, 0.05) is 19.4 Å². The van der Waals surface area contributed by atoms with Crippen molar-refractivity contribution in [3.63, 3.8) is 0 Å². The van der Waals surface area contributed by atoms with E-state index in [-0.39, 0.29) is 37.4 Å². The third-order valence-electron chi connectivity index (χ3n) is 8.96. The molecule has 0 aliphatic carbocycles. The number of carbonyl (C=O) groups is 5. The molecule has 1 fully saturated rings. The smallest absolute Gasteiger partial charge is 0.258 e. The lowest BCUT2D eigenvalue weighted by molar-refractivity contribution is -0.142. The van der Waals surface area contributed by atoms with Crippen molar-refractivity contribution < 1.29 is 28.7 Å². The normalized spacial score (nSPS) is 21.7. The fourth-order valence-corrected chi connectivity index (χ4v) is 6.29. The van der Waals surface area contributed by atoms with Crippen LogP contribution in [-0.4, -0.2) is 81.7 Å². The fourth-order valence-electron chi connectivity index (χ4n) is 6.29. The molecule has 4 heterocycles. The summed E-state index contributed by atoms with van der Waals surface area (Å²) in [6.45, 7) is 1.34. The second-order valence-corrected chi connectivity index (χ2v) is 12.7. The number of nitrogens with one attached hydrogen (secondary N) is 5. The summed E-state index contributed by atoms with van der Waals surface area (Å²) in [5.74, 6) is -1.96. The van der Waals surface area contributed by atoms with Gasteiger partial charge in [0.15, 0.2) is 6.61 Å². The summed E-state index contributed by atoms with van der Waals surface area (Å²) in [7, 11) is 0. The molecule has 0 unspecified atom stereocenters. The Balaban J connectivity index is 1.22. The van der Waals surface area contributed by atoms with E-state index >= 15 is 0 Å². The highest BCUT2D eigenvalue weighted by Gasteiger charge is 2.39. The summed E-state index contributed by atoms with van der Waals surface area (Å²) in [4.78, 5) is 88.6. The summed E-state index contributed by atoms with van der Waals surface area (Å²) in [5.41, 5.74) is 1.64. The molecule has 0 saturated carbocycles. The molecule has 5 N–H and O–H groups in total. The average molecular weight is 694 g/mol. The zero-order chi connectivity index (χ0) is 35.9. The highest BCUT2D eigenvalue weighted by Crippen LogP contribution is 2.21. The molecule has 14 nitrogen and oxygen atoms in total. The third-order valence-corrected chi connectivity index (χ3v) is 8.96. The second kappa shape index (κ2) is 15.7. The Bertz CT molecular complexity index is 1980. The molecule has 3 aliphatic rings. The van der Waals surface area contributed by atoms with Crippen LogP contribution in [0, 0.1) is 0 Å². The Morgan fingerprint density at radius 1 is 0.902 bits per heavy atom. The number of amides is 5. The minimum atomic E-state index is -1.08. The van der Waals surface area contributed by atoms with E-state index in [0.717, 1.165) is 5.56 Å². The number of aromatic nitrogens is 2. The van der Waals surface area contributed by atoms with Crippen LogP contribution in [0.15, 0.2) is 83.7 Å². The average Bonchev–Trinajstić information content (AvgIpc) is 3.63. The van der Waals surface area contributed by atoms with Crippen molar-refractivity contribution in [1.29, 1.82) is 0 Å². The summed E-state index contributed by atoms with van der Waals surface area (Å²) < 4.78 is 5.72. The standard InChI is InChI=1S/C37H39N7O7/c1-22-33(46)42-28(35(48)38-20-31-40-27-11-6-5-10-26(27)34(47)43-31)18-24-13-15-25(16-14-24)51-21-32(45)41-29(19-23-8-3-2-4-9-23)37(50)44-17-7-12-30(44)36(49)39-22/h2-6,8-11,13-16,22,28-30H,7,12,17-21H2,1H3,(H,38,48)(H,39,49)(H,41,45)(H,42,46)(H,40,43,47)/t22-,28-,29+,30+/m0/s1. The van der Waals surface area contributed by atoms with Crippen LogP contribution in [0.25, 0.3) is 10.9 Å². The monoisotopic (exact) mass is 693 g/mol. The predicted molar refractivity (Wildman–Crippen MR) is 186 cm³/mol. The topological polar surface area (TPSA) is 192 Å². The number of para-hydroxylation sites is 1. The molecule has 51 heavy (non-hydrogen) atoms. The van der Waals surface area contributed by atoms with Crippen molar-refractivity contribution in [2.45, 2.75) is 63.3 Å². The maximum absolute atomic E-state index is 13.9. The first-order valence-electron chi connectivity index (χ1n) is 16.9. The van der Waals surface area contributed by atoms with Gasteiger partial charge in [0.25, 0.3) is 11.5 Å². The first-order valence-corrected chi connectivity index (χ1v) is 16.9. The number of aromatic amines is 1. The van der Waals surface area contributed by atoms with Crippen LogP contribution in [-0.2, 0) is 43.4 Å². The van der Waals surface area contributed by atoms with Crippen LogP contribution in [0.3, 0.4) is 0 Å². The van der Waals surface area contributed by atoms with Crippen molar-refractivity contribution in [3.05, 3.63) is 106 Å². The largest absolute Gasteiger partial charge is 0.484 e. The number of H-pyrrole nitrogens is 1. The summed E-state index contributed by atoms with van der Waals surface area (Å²) >= 11 is 0. The maximum atomic E-state index is 13.9. The summed E-state index contributed by atoms with van der Waals surface area (Å²) in [6.07, 6.45) is 1.23. The quantitative estimate of drug-likeness (QED) is 0.204. The molecule has 3 aromatic carbocycles. The Morgan fingerprint density at radius 3 is 2.43 bits per heavy atom. The van der Waals surface area contributed by atoms with Crippen molar-refractivity contribution in [2.75, 3.05) is 13.2 Å². The number of rotatable bonds is 5. The van der Waals surface area contributed by atoms with Gasteiger partial charge in [-0.3, -0.25) is 28.8 Å². The van der Waals surface area contributed by atoms with Crippen molar-refractivity contribution in [3.8, 4) is 5.75 Å². The van der Waals surface area contributed by atoms with Gasteiger partial charge < -0.3 is 35.9 Å². The number of carbonyl (C=O) groups excluding carboxylic acids is 5. The van der Waals surface area contributed by atoms with Gasteiger partial charge in [-0.25, -0.2) is 4.98 Å². The SMILES string of the molecule is C[C@@H]1NC(=O)[C@H]2CCCN2C(=O)[C@@H](Cc2ccccc2)NC(=O)COc2ccc(cc2)C[C@@H](C(=O)NCc2nc3ccccc3c(=O)[nH]2)NC1=O. The highest BCUT2D eigenvalue weighted by molar-refractivity contribution is 5.96. The molecule has 0 spiro atoms. The minimum Gasteiger partial charge on any atom is -0.484 e. The predicted octanol–water partition coefficient (Wildman–Crippen LogP) is 0.882. The first kappa shape index (κ1) is 34.8. The molecule has 7 rings (SSSR count). The number of fused-ring (bicyclic) bond motifs is 14. The molecule has 4 aromatic rings. The van der Waals surface area contributed by atoms with Gasteiger partial charge in [0.2, 0.25) is 23.6 Å². The molecule has 0 radical (unpaired) electrons. The van der Waals surface area contributed by atoms with Gasteiger partial charge in [0.05, 0.1) is 17.4 Å². The van der Waals surface area contributed by atoms with E-state index in [4.69, 9.17) is 4.74 Å². The molecule has 1 aromatic heterocycles. The van der Waals surface area contributed by atoms with Gasteiger partial charge in [-0.05, 0) is 55.2 Å². The lowest BCUT2D eigenvalue weighted by Gasteiger charge is -2.29. The molecule has 1 saturated heterocycles. The van der Waals surface area contributed by atoms with Gasteiger partial charge in [-0.15, -0.1) is 0 Å². The fraction of sp³-hybridized carbons (Fsp3) is 0.324. The zero-order valence-corrected chi connectivity index (χ0v) is 28.0. The first-order chi connectivity index (χ1) is 24.6. The van der Waals surface area contributed by atoms with Crippen LogP contribution in [0.5, 0.6) is 5.75 Å². The van der Waals surface area contributed by atoms with Gasteiger partial charge in [-0.2, -0.15) is 0 Å². The molecule has 5 amide bonds. The Labute approximate surface area is 293 Å². The molecular weight excluding hydrogens is 654 g/mol. The van der Waals surface area contributed by atoms with Gasteiger partial charge in [-0.1, -0.05) is 54.6 Å². The van der Waals surface area contributed by atoms with E-state index in [1.54, 1.807) is 48.5 Å². The van der Waals surface area contributed by atoms with E-state index in [2.05, 4.69) is 31.2 Å². The number of benzene rings is 3. The van der Waals surface area contributed by atoms with Crippen LogP contribution >= 0.6 is 0 Å². The number of hydrogen-bond acceptors (Lipinski definition) is 8. The molecular formula is C37H39N7O7. The van der Waals surface area contributed by atoms with Crippen molar-refractivity contribution in [1.82, 2.24) is 36.1 Å². The van der Waals surface area contributed by atoms with Gasteiger partial charge >= 0.3 is 0 Å². The number of nitrogens with zero attached hydrogens (tertiary/aromatic N) is 2. The lowest BCUT2D eigenvalue weighted by Crippen LogP contribution is -2.57. The van der Waals surface area contributed by atoms with Crippen molar-refractivity contribution in [2.24, 2.45) is 0 Å². The van der Waals surface area contributed by atoms with Crippen molar-refractivity contribution >= 4 is 40.4 Å². The van der Waals surface area contributed by atoms with E-state index < -0.39 is 53.7 Å². The van der Waals surface area contributed by atoms with Crippen LogP contribution < -0.4 is 31.6 Å². The second-order valence-electron chi connectivity index (χ2n) is 12.7. The number of hydrogen-bond donors (Lipinski definition) is 5. The zero-order valence-electron chi connectivity index (χ0n) is 28.0. The van der Waals surface area contributed by atoms with Gasteiger partial charge in [0.1, 0.15) is 35.7 Å². The number of ether oxygens (including phenoxy) is 1.